The Morgan fingerprint density at radius 2 is 1.64 bits per heavy atom. The third-order valence-electron chi connectivity index (χ3n) is 1.79. The molecule has 0 heterocycles. The predicted octanol–water partition coefficient (Wildman–Crippen LogP) is 2.94. The van der Waals surface area contributed by atoms with Crippen molar-refractivity contribution in [2.75, 3.05) is 12.7 Å². The molecule has 0 aliphatic carbocycles. The molecule has 0 radical (unpaired) electrons. The van der Waals surface area contributed by atoms with Crippen LogP contribution in [0.2, 0.25) is 0 Å². The molecule has 1 unspecified atom stereocenters. The van der Waals surface area contributed by atoms with E-state index in [1.54, 1.807) is 0 Å². The first-order chi connectivity index (χ1) is 5.09. The molecule has 68 valence electrons. The Kier molecular flexibility index (Phi) is 6.61. The maximum Gasteiger partial charge on any atom is 0.00414 e. The van der Waals surface area contributed by atoms with E-state index in [1.807, 2.05) is 0 Å². The zero-order valence-electron chi connectivity index (χ0n) is 7.89. The van der Waals surface area contributed by atoms with E-state index in [9.17, 15) is 0 Å². The van der Waals surface area contributed by atoms with E-state index >= 15 is 0 Å². The molecule has 0 amide bonds. The maximum absolute atomic E-state index is 5.66. The van der Waals surface area contributed by atoms with Crippen LogP contribution >= 0.6 is 19.2 Å². The topological polar surface area (TPSA) is 3.24 Å². The molecule has 0 saturated carbocycles. The molecule has 0 spiro atoms. The molecule has 0 fully saturated rings. The first kappa shape index (κ1) is 11.7. The number of hydrogen-bond donors (Lipinski definition) is 0. The van der Waals surface area contributed by atoms with Crippen molar-refractivity contribution in [1.29, 1.82) is 0 Å². The number of hydrogen-bond acceptors (Lipinski definition) is 1. The summed E-state index contributed by atoms with van der Waals surface area (Å²) >= 11 is 5.66. The van der Waals surface area contributed by atoms with Gasteiger partial charge in [0, 0.05) is 18.6 Å². The Hall–Kier alpha value is 0.680. The Balaban J connectivity index is 3.70. The van der Waals surface area contributed by atoms with Gasteiger partial charge in [-0.15, -0.1) is 11.2 Å². The lowest BCUT2D eigenvalue weighted by atomic mass is 10.2. The van der Waals surface area contributed by atoms with Crippen molar-refractivity contribution in [3.63, 3.8) is 0 Å². The lowest BCUT2D eigenvalue weighted by Gasteiger charge is -2.30. The summed E-state index contributed by atoms with van der Waals surface area (Å²) < 4.78 is 0. The largest absolute Gasteiger partial charge is 0.298 e. The summed E-state index contributed by atoms with van der Waals surface area (Å²) in [6.07, 6.45) is 1.12. The second-order valence-electron chi connectivity index (χ2n) is 3.31. The molecule has 0 bridgehead atoms. The molecule has 1 nitrogen and oxygen atoms in total. The van der Waals surface area contributed by atoms with Gasteiger partial charge in [-0.1, -0.05) is 0 Å². The summed E-state index contributed by atoms with van der Waals surface area (Å²) in [6.45, 7) is 10.1. The third-order valence-corrected chi connectivity index (χ3v) is 2.77. The van der Waals surface area contributed by atoms with Crippen molar-refractivity contribution >= 4 is 19.2 Å². The van der Waals surface area contributed by atoms with Crippen molar-refractivity contribution in [2.24, 2.45) is 0 Å². The molecule has 11 heavy (non-hydrogen) atoms. The minimum atomic E-state index is 0.567. The minimum Gasteiger partial charge on any atom is -0.298 e. The smallest absolute Gasteiger partial charge is 0.00414 e. The fourth-order valence-electron chi connectivity index (χ4n) is 1.28. The molecule has 0 aliphatic heterocycles. The Bertz CT molecular complexity index is 88.1. The number of halogens is 1. The van der Waals surface area contributed by atoms with Crippen LogP contribution in [0.1, 0.15) is 27.7 Å². The molecule has 0 N–H and O–H groups in total. The maximum atomic E-state index is 5.66. The monoisotopic (exact) mass is 195 g/mol. The molecule has 0 aromatic rings. The summed E-state index contributed by atoms with van der Waals surface area (Å²) in [5, 5.41) is 0. The second kappa shape index (κ2) is 6.22. The van der Waals surface area contributed by atoms with Gasteiger partial charge in [0.2, 0.25) is 0 Å². The number of rotatable bonds is 5. The summed E-state index contributed by atoms with van der Waals surface area (Å²) in [5.74, 6) is 0. The van der Waals surface area contributed by atoms with Crippen LogP contribution in [0.3, 0.4) is 0 Å². The van der Waals surface area contributed by atoms with Gasteiger partial charge in [0.1, 0.15) is 0 Å². The summed E-state index contributed by atoms with van der Waals surface area (Å²) in [6, 6.07) is 1.28. The lowest BCUT2D eigenvalue weighted by Crippen LogP contribution is -2.38. The van der Waals surface area contributed by atoms with Crippen LogP contribution < -0.4 is 0 Å². The summed E-state index contributed by atoms with van der Waals surface area (Å²) in [5.41, 5.74) is 0. The van der Waals surface area contributed by atoms with E-state index in [-0.39, 0.29) is 0 Å². The van der Waals surface area contributed by atoms with Gasteiger partial charge in [-0.05, 0) is 41.8 Å². The predicted molar refractivity (Wildman–Crippen MR) is 56.0 cm³/mol. The molecule has 0 aliphatic rings. The number of nitrogens with zero attached hydrogens (tertiary/aromatic N) is 1. The first-order valence-corrected chi connectivity index (χ1v) is 6.40. The van der Waals surface area contributed by atoms with Gasteiger partial charge in [-0.25, -0.2) is 0 Å². The van der Waals surface area contributed by atoms with Gasteiger partial charge in [0.15, 0.2) is 0 Å². The van der Waals surface area contributed by atoms with E-state index in [0.717, 1.165) is 12.7 Å². The van der Waals surface area contributed by atoms with E-state index in [2.05, 4.69) is 32.6 Å². The molecule has 1 atom stereocenters. The van der Waals surface area contributed by atoms with Crippen LogP contribution in [-0.2, 0) is 0 Å². The molecule has 0 aromatic carbocycles. The van der Waals surface area contributed by atoms with Gasteiger partial charge < -0.3 is 0 Å². The first-order valence-electron chi connectivity index (χ1n) is 4.18. The third kappa shape index (κ3) is 5.00. The van der Waals surface area contributed by atoms with Gasteiger partial charge in [0.05, 0.1) is 0 Å². The van der Waals surface area contributed by atoms with Gasteiger partial charge in [-0.3, -0.25) is 4.90 Å². The van der Waals surface area contributed by atoms with Crippen molar-refractivity contribution in [2.45, 2.75) is 39.8 Å². The highest BCUT2D eigenvalue weighted by atomic mass is 35.7. The van der Waals surface area contributed by atoms with Crippen molar-refractivity contribution in [1.82, 2.24) is 4.90 Å². The van der Waals surface area contributed by atoms with Crippen molar-refractivity contribution in [3.05, 3.63) is 0 Å². The normalized spacial score (nSPS) is 13.1. The molecular weight excluding hydrogens is 177 g/mol. The Morgan fingerprint density at radius 1 is 1.18 bits per heavy atom. The average Bonchev–Trinajstić information content (AvgIpc) is 1.87. The second-order valence-corrected chi connectivity index (χ2v) is 4.88. The molecule has 0 aromatic heterocycles. The van der Waals surface area contributed by atoms with Crippen LogP contribution in [0, 0.1) is 0 Å². The van der Waals surface area contributed by atoms with E-state index in [4.69, 9.17) is 11.2 Å². The summed E-state index contributed by atoms with van der Waals surface area (Å²) in [4.78, 5) is 2.47. The van der Waals surface area contributed by atoms with E-state index < -0.39 is 0 Å². The fraction of sp³-hybridized carbons (Fsp3) is 1.00. The van der Waals surface area contributed by atoms with Gasteiger partial charge >= 0.3 is 0 Å². The molecular formula is C8H19ClNP. The SMILES string of the molecule is CC(C)N(CCPCl)C(C)C. The quantitative estimate of drug-likeness (QED) is 0.610. The van der Waals surface area contributed by atoms with Gasteiger partial charge in [-0.2, -0.15) is 0 Å². The minimum absolute atomic E-state index is 0.567. The van der Waals surface area contributed by atoms with Gasteiger partial charge in [0.25, 0.3) is 0 Å². The molecule has 0 saturated heterocycles. The Labute approximate surface area is 77.1 Å². The van der Waals surface area contributed by atoms with Crippen LogP contribution in [0.25, 0.3) is 0 Å². The Morgan fingerprint density at radius 3 is 1.91 bits per heavy atom. The lowest BCUT2D eigenvalue weighted by molar-refractivity contribution is 0.187. The van der Waals surface area contributed by atoms with Crippen molar-refractivity contribution in [3.8, 4) is 0 Å². The van der Waals surface area contributed by atoms with Crippen LogP contribution in [-0.4, -0.2) is 29.7 Å². The zero-order chi connectivity index (χ0) is 8.85. The van der Waals surface area contributed by atoms with Crippen molar-refractivity contribution < 1.29 is 0 Å². The summed E-state index contributed by atoms with van der Waals surface area (Å²) in [7, 11) is 0.567. The zero-order valence-corrected chi connectivity index (χ0v) is 9.65. The average molecular weight is 196 g/mol. The van der Waals surface area contributed by atoms with E-state index in [1.165, 1.54) is 0 Å². The van der Waals surface area contributed by atoms with Crippen LogP contribution in [0.15, 0.2) is 0 Å². The highest BCUT2D eigenvalue weighted by Crippen LogP contribution is 2.16. The molecule has 0 rings (SSSR count). The standard InChI is InChI=1S/C8H19ClNP/c1-7(2)10(8(3)4)5-6-11-9/h7-8,11H,5-6H2,1-4H3. The highest BCUT2D eigenvalue weighted by Gasteiger charge is 2.11. The molecule has 3 heteroatoms. The fourth-order valence-corrected chi connectivity index (χ4v) is 1.88. The van der Waals surface area contributed by atoms with E-state index in [0.29, 0.717) is 20.0 Å². The highest BCUT2D eigenvalue weighted by molar-refractivity contribution is 7.68. The van der Waals surface area contributed by atoms with Crippen LogP contribution in [0.5, 0.6) is 0 Å². The van der Waals surface area contributed by atoms with Crippen LogP contribution in [0.4, 0.5) is 0 Å².